The molecule has 2 rings (SSSR count). The average molecular weight is 264 g/mol. The quantitative estimate of drug-likeness (QED) is 0.858. The molecule has 0 saturated carbocycles. The lowest BCUT2D eigenvalue weighted by Crippen LogP contribution is -2.41. The van der Waals surface area contributed by atoms with Gasteiger partial charge in [-0.3, -0.25) is 4.98 Å². The zero-order valence-electron chi connectivity index (χ0n) is 12.1. The smallest absolute Gasteiger partial charge is 0.137 e. The number of nitrogens with one attached hydrogen (secondary N) is 1. The summed E-state index contributed by atoms with van der Waals surface area (Å²) in [5.41, 5.74) is 0.986. The van der Waals surface area contributed by atoms with Crippen LogP contribution in [0.2, 0.25) is 0 Å². The molecule has 2 unspecified atom stereocenters. The van der Waals surface area contributed by atoms with Crippen LogP contribution in [0.5, 0.6) is 5.75 Å². The Labute approximate surface area is 115 Å². The van der Waals surface area contributed by atoms with Gasteiger partial charge in [0, 0.05) is 12.8 Å². The number of likely N-dealkylation sites (N-methyl/N-ethyl adjacent to an activating group) is 1. The van der Waals surface area contributed by atoms with Crippen molar-refractivity contribution >= 4 is 0 Å². The van der Waals surface area contributed by atoms with E-state index in [0.717, 1.165) is 37.3 Å². The van der Waals surface area contributed by atoms with Crippen LogP contribution < -0.4 is 10.1 Å². The molecule has 0 spiro atoms. The Kier molecular flexibility index (Phi) is 4.77. The third kappa shape index (κ3) is 3.25. The summed E-state index contributed by atoms with van der Waals surface area (Å²) in [6.45, 7) is 8.69. The maximum atomic E-state index is 5.98. The molecule has 0 radical (unpaired) electrons. The van der Waals surface area contributed by atoms with Crippen molar-refractivity contribution in [3.8, 4) is 5.75 Å². The van der Waals surface area contributed by atoms with E-state index >= 15 is 0 Å². The lowest BCUT2D eigenvalue weighted by atomic mass is 9.88. The van der Waals surface area contributed by atoms with Crippen LogP contribution in [0.25, 0.3) is 0 Å². The van der Waals surface area contributed by atoms with Crippen LogP contribution in [0.3, 0.4) is 0 Å². The largest absolute Gasteiger partial charge is 0.492 e. The standard InChI is InChI=1S/C15H24N2O2/c1-4-17-14(15(3)7-6-8-19-15)12-9-13(18-5-2)11-16-10-12/h9-11,14,17H,4-8H2,1-3H3. The minimum Gasteiger partial charge on any atom is -0.492 e. The summed E-state index contributed by atoms with van der Waals surface area (Å²) in [6, 6.07) is 2.23. The lowest BCUT2D eigenvalue weighted by molar-refractivity contribution is -0.0122. The number of ether oxygens (including phenoxy) is 2. The molecule has 106 valence electrons. The molecule has 1 aliphatic rings. The van der Waals surface area contributed by atoms with Gasteiger partial charge in [0.1, 0.15) is 5.75 Å². The van der Waals surface area contributed by atoms with Gasteiger partial charge in [-0.05, 0) is 44.9 Å². The Hall–Kier alpha value is -1.13. The zero-order valence-corrected chi connectivity index (χ0v) is 12.1. The number of hydrogen-bond donors (Lipinski definition) is 1. The van der Waals surface area contributed by atoms with Crippen molar-refractivity contribution in [1.82, 2.24) is 10.3 Å². The Morgan fingerprint density at radius 1 is 1.47 bits per heavy atom. The van der Waals surface area contributed by atoms with Crippen LogP contribution in [0.15, 0.2) is 18.5 Å². The van der Waals surface area contributed by atoms with Crippen LogP contribution in [0.1, 0.15) is 45.2 Å². The Morgan fingerprint density at radius 3 is 2.95 bits per heavy atom. The highest BCUT2D eigenvalue weighted by Crippen LogP contribution is 2.37. The van der Waals surface area contributed by atoms with Crippen molar-refractivity contribution < 1.29 is 9.47 Å². The molecule has 0 amide bonds. The Morgan fingerprint density at radius 2 is 2.32 bits per heavy atom. The van der Waals surface area contributed by atoms with Gasteiger partial charge in [0.25, 0.3) is 0 Å². The van der Waals surface area contributed by atoms with E-state index < -0.39 is 0 Å². The molecule has 0 aromatic carbocycles. The van der Waals surface area contributed by atoms with E-state index in [9.17, 15) is 0 Å². The molecule has 1 aromatic rings. The van der Waals surface area contributed by atoms with Crippen molar-refractivity contribution in [1.29, 1.82) is 0 Å². The van der Waals surface area contributed by atoms with Crippen molar-refractivity contribution in [3.05, 3.63) is 24.0 Å². The van der Waals surface area contributed by atoms with Crippen molar-refractivity contribution in [2.24, 2.45) is 0 Å². The van der Waals surface area contributed by atoms with Crippen LogP contribution >= 0.6 is 0 Å². The molecule has 1 aliphatic heterocycles. The third-order valence-electron chi connectivity index (χ3n) is 3.65. The summed E-state index contributed by atoms with van der Waals surface area (Å²) < 4.78 is 11.5. The minimum atomic E-state index is -0.150. The predicted molar refractivity (Wildman–Crippen MR) is 75.4 cm³/mol. The summed E-state index contributed by atoms with van der Waals surface area (Å²) in [6.07, 6.45) is 5.86. The molecular formula is C15H24N2O2. The number of aromatic nitrogens is 1. The summed E-state index contributed by atoms with van der Waals surface area (Å²) in [5.74, 6) is 0.824. The van der Waals surface area contributed by atoms with Crippen LogP contribution in [-0.4, -0.2) is 30.3 Å². The molecule has 1 fully saturated rings. The first-order valence-corrected chi connectivity index (χ1v) is 7.14. The maximum absolute atomic E-state index is 5.98. The topological polar surface area (TPSA) is 43.4 Å². The molecule has 2 heterocycles. The van der Waals surface area contributed by atoms with Gasteiger partial charge < -0.3 is 14.8 Å². The molecule has 1 aromatic heterocycles. The fraction of sp³-hybridized carbons (Fsp3) is 0.667. The van der Waals surface area contributed by atoms with Gasteiger partial charge in [-0.25, -0.2) is 0 Å². The van der Waals surface area contributed by atoms with Crippen molar-refractivity contribution in [3.63, 3.8) is 0 Å². The summed E-state index contributed by atoms with van der Waals surface area (Å²) in [4.78, 5) is 4.29. The van der Waals surface area contributed by atoms with Crippen molar-refractivity contribution in [2.75, 3.05) is 19.8 Å². The molecule has 19 heavy (non-hydrogen) atoms. The molecule has 4 nitrogen and oxygen atoms in total. The normalized spacial score (nSPS) is 24.4. The molecule has 2 atom stereocenters. The minimum absolute atomic E-state index is 0.150. The third-order valence-corrected chi connectivity index (χ3v) is 3.65. The molecular weight excluding hydrogens is 240 g/mol. The summed E-state index contributed by atoms with van der Waals surface area (Å²) >= 11 is 0. The second kappa shape index (κ2) is 6.35. The maximum Gasteiger partial charge on any atom is 0.137 e. The summed E-state index contributed by atoms with van der Waals surface area (Å²) in [5, 5.41) is 3.53. The first kappa shape index (κ1) is 14.3. The molecule has 4 heteroatoms. The van der Waals surface area contributed by atoms with Gasteiger partial charge in [0.15, 0.2) is 0 Å². The van der Waals surface area contributed by atoms with Gasteiger partial charge in [-0.2, -0.15) is 0 Å². The Balaban J connectivity index is 2.25. The first-order chi connectivity index (χ1) is 9.19. The lowest BCUT2D eigenvalue weighted by Gasteiger charge is -2.34. The van der Waals surface area contributed by atoms with E-state index in [0.29, 0.717) is 6.61 Å². The highest BCUT2D eigenvalue weighted by Gasteiger charge is 2.39. The average Bonchev–Trinajstić information content (AvgIpc) is 2.84. The highest BCUT2D eigenvalue weighted by molar-refractivity contribution is 5.28. The van der Waals surface area contributed by atoms with Crippen molar-refractivity contribution in [2.45, 2.75) is 45.3 Å². The second-order valence-corrected chi connectivity index (χ2v) is 5.14. The fourth-order valence-corrected chi connectivity index (χ4v) is 2.76. The van der Waals surface area contributed by atoms with E-state index in [2.05, 4.69) is 30.2 Å². The van der Waals surface area contributed by atoms with Gasteiger partial charge in [-0.1, -0.05) is 6.92 Å². The monoisotopic (exact) mass is 264 g/mol. The fourth-order valence-electron chi connectivity index (χ4n) is 2.76. The van der Waals surface area contributed by atoms with E-state index in [1.54, 1.807) is 6.20 Å². The molecule has 1 N–H and O–H groups in total. The van der Waals surface area contributed by atoms with Gasteiger partial charge in [0.2, 0.25) is 0 Å². The van der Waals surface area contributed by atoms with Crippen LogP contribution in [0.4, 0.5) is 0 Å². The van der Waals surface area contributed by atoms with E-state index in [-0.39, 0.29) is 11.6 Å². The van der Waals surface area contributed by atoms with E-state index in [1.165, 1.54) is 0 Å². The van der Waals surface area contributed by atoms with Gasteiger partial charge in [0.05, 0.1) is 24.4 Å². The molecule has 1 saturated heterocycles. The van der Waals surface area contributed by atoms with Gasteiger partial charge >= 0.3 is 0 Å². The predicted octanol–water partition coefficient (Wildman–Crippen LogP) is 2.70. The second-order valence-electron chi connectivity index (χ2n) is 5.14. The van der Waals surface area contributed by atoms with Crippen LogP contribution in [-0.2, 0) is 4.74 Å². The number of hydrogen-bond acceptors (Lipinski definition) is 4. The van der Waals surface area contributed by atoms with Crippen LogP contribution in [0, 0.1) is 0 Å². The SMILES string of the molecule is CCNC(c1cncc(OCC)c1)C1(C)CCCO1. The van der Waals surface area contributed by atoms with E-state index in [4.69, 9.17) is 9.47 Å². The zero-order chi connectivity index (χ0) is 13.7. The number of nitrogens with zero attached hydrogens (tertiary/aromatic N) is 1. The summed E-state index contributed by atoms with van der Waals surface area (Å²) in [7, 11) is 0. The molecule has 0 bridgehead atoms. The first-order valence-electron chi connectivity index (χ1n) is 7.14. The molecule has 0 aliphatic carbocycles. The number of rotatable bonds is 6. The van der Waals surface area contributed by atoms with Gasteiger partial charge in [-0.15, -0.1) is 0 Å². The highest BCUT2D eigenvalue weighted by atomic mass is 16.5. The number of pyridine rings is 1. The van der Waals surface area contributed by atoms with E-state index in [1.807, 2.05) is 13.1 Å². The Bertz CT molecular complexity index is 403.